The van der Waals surface area contributed by atoms with Gasteiger partial charge in [-0.2, -0.15) is 0 Å². The van der Waals surface area contributed by atoms with Crippen LogP contribution in [-0.2, 0) is 29.7 Å². The lowest BCUT2D eigenvalue weighted by atomic mass is 9.90. The molecule has 0 aliphatic carbocycles. The number of halogens is 3. The van der Waals surface area contributed by atoms with Crippen molar-refractivity contribution in [3.8, 4) is 0 Å². The molecule has 1 saturated heterocycles. The topological polar surface area (TPSA) is 54.0 Å². The van der Waals surface area contributed by atoms with Gasteiger partial charge in [0.15, 0.2) is 16.6 Å². The number of rotatable bonds is 13. The third-order valence-corrected chi connectivity index (χ3v) is 19.6. The van der Waals surface area contributed by atoms with Gasteiger partial charge in [0.25, 0.3) is 0 Å². The van der Waals surface area contributed by atoms with Gasteiger partial charge in [-0.3, -0.25) is 0 Å². The van der Waals surface area contributed by atoms with Crippen molar-refractivity contribution in [1.82, 2.24) is 0 Å². The average molecular weight is 682 g/mol. The van der Waals surface area contributed by atoms with Crippen molar-refractivity contribution in [2.75, 3.05) is 6.61 Å². The molecule has 0 bridgehead atoms. The number of carbonyl (C=O) groups is 1. The summed E-state index contributed by atoms with van der Waals surface area (Å²) >= 11 is 18.8. The van der Waals surface area contributed by atoms with Gasteiger partial charge in [-0.1, -0.05) is 76.3 Å². The summed E-state index contributed by atoms with van der Waals surface area (Å²) in [7, 11) is -4.20. The van der Waals surface area contributed by atoms with Crippen molar-refractivity contribution in [3.05, 3.63) is 32.8 Å². The predicted molar refractivity (Wildman–Crippen MR) is 182 cm³/mol. The number of hydrogen-bond donors (Lipinski definition) is 0. The quantitative estimate of drug-likeness (QED) is 0.118. The molecule has 0 radical (unpaired) electrons. The molecule has 2 rings (SSSR count). The minimum absolute atomic E-state index is 0.0566. The van der Waals surface area contributed by atoms with Gasteiger partial charge >= 0.3 is 0 Å². The fourth-order valence-corrected chi connectivity index (χ4v) is 8.89. The van der Waals surface area contributed by atoms with E-state index in [4.69, 9.17) is 53.1 Å². The summed E-state index contributed by atoms with van der Waals surface area (Å²) in [6, 6.07) is 3.36. The zero-order valence-electron chi connectivity index (χ0n) is 27.8. The van der Waals surface area contributed by atoms with Crippen LogP contribution in [-0.4, -0.2) is 53.4 Å². The number of ether oxygens (including phenoxy) is 2. The average Bonchev–Trinajstić information content (AvgIpc) is 2.93. The van der Waals surface area contributed by atoms with Crippen LogP contribution in [0.2, 0.25) is 51.3 Å². The molecule has 1 aliphatic rings. The maximum Gasteiger partial charge on any atom is 0.192 e. The molecule has 42 heavy (non-hydrogen) atoms. The van der Waals surface area contributed by atoms with Crippen LogP contribution in [0.25, 0.3) is 0 Å². The van der Waals surface area contributed by atoms with Crippen LogP contribution < -0.4 is 0 Å². The van der Waals surface area contributed by atoms with E-state index in [2.05, 4.69) is 74.7 Å². The van der Waals surface area contributed by atoms with E-state index in [9.17, 15) is 4.79 Å². The minimum atomic E-state index is -2.13. The van der Waals surface area contributed by atoms with E-state index in [1.54, 1.807) is 12.1 Å². The van der Waals surface area contributed by atoms with Gasteiger partial charge in [0, 0.05) is 33.7 Å². The summed E-state index contributed by atoms with van der Waals surface area (Å²) in [4.78, 5) is 11.5. The second-order valence-corrected chi connectivity index (χ2v) is 25.8. The molecule has 0 saturated carbocycles. The summed E-state index contributed by atoms with van der Waals surface area (Å²) in [6.07, 6.45) is 4.85. The summed E-state index contributed by atoms with van der Waals surface area (Å²) in [6.45, 7) is 25.8. The second-order valence-electron chi connectivity index (χ2n) is 15.1. The minimum Gasteiger partial charge on any atom is -0.411 e. The highest BCUT2D eigenvalue weighted by molar-refractivity contribution is 6.74. The van der Waals surface area contributed by atoms with Gasteiger partial charge in [-0.15, -0.1) is 0 Å². The molecule has 1 aromatic carbocycles. The van der Waals surface area contributed by atoms with Crippen LogP contribution in [0.1, 0.15) is 92.6 Å². The lowest BCUT2D eigenvalue weighted by Gasteiger charge is -2.47. The Morgan fingerprint density at radius 3 is 2.07 bits per heavy atom. The Bertz CT molecular complexity index is 1010. The first-order valence-corrected chi connectivity index (χ1v) is 22.3. The largest absolute Gasteiger partial charge is 0.411 e. The Morgan fingerprint density at radius 1 is 0.976 bits per heavy atom. The van der Waals surface area contributed by atoms with Crippen molar-refractivity contribution in [2.45, 2.75) is 154 Å². The highest BCUT2D eigenvalue weighted by Crippen LogP contribution is 2.45. The van der Waals surface area contributed by atoms with Crippen LogP contribution in [0.4, 0.5) is 0 Å². The lowest BCUT2D eigenvalue weighted by Crippen LogP contribution is -2.54. The molecule has 0 spiro atoms. The van der Waals surface area contributed by atoms with Crippen LogP contribution in [0, 0.1) is 0 Å². The van der Waals surface area contributed by atoms with Gasteiger partial charge in [0.05, 0.1) is 30.5 Å². The smallest absolute Gasteiger partial charge is 0.192 e. The molecule has 10 heteroatoms. The van der Waals surface area contributed by atoms with E-state index in [0.717, 1.165) is 37.5 Å². The third-order valence-electron chi connectivity index (χ3n) is 9.58. The SMILES string of the molecule is CC(C)(C)[Si](C)(C)O[C@@H]1CC[C@](C)(O[Si](C)(C)C(C)(C)C)[C@@H](CCCOCc2c(Cl)cc(Cl)cc2Cl)O[C@H]1CCC=O. The number of aldehydes is 1. The first-order chi connectivity index (χ1) is 19.1. The highest BCUT2D eigenvalue weighted by Gasteiger charge is 2.50. The van der Waals surface area contributed by atoms with Gasteiger partial charge < -0.3 is 23.1 Å². The number of benzene rings is 1. The molecule has 1 aromatic rings. The van der Waals surface area contributed by atoms with Gasteiger partial charge in [-0.25, -0.2) is 0 Å². The molecule has 1 fully saturated rings. The normalized spacial score (nSPS) is 24.5. The first-order valence-electron chi connectivity index (χ1n) is 15.3. The number of hydrogen-bond acceptors (Lipinski definition) is 5. The predicted octanol–water partition coefficient (Wildman–Crippen LogP) is 10.6. The zero-order valence-corrected chi connectivity index (χ0v) is 32.1. The monoisotopic (exact) mass is 680 g/mol. The van der Waals surface area contributed by atoms with Gasteiger partial charge in [0.1, 0.15) is 6.29 Å². The summed E-state index contributed by atoms with van der Waals surface area (Å²) in [5, 5.41) is 1.63. The summed E-state index contributed by atoms with van der Waals surface area (Å²) in [5.41, 5.74) is 0.246. The van der Waals surface area contributed by atoms with E-state index < -0.39 is 22.2 Å². The Hall–Kier alpha value is 0.0338. The van der Waals surface area contributed by atoms with Crippen LogP contribution in [0.5, 0.6) is 0 Å². The lowest BCUT2D eigenvalue weighted by molar-refractivity contribution is -0.130. The Kier molecular flexibility index (Phi) is 13.7. The second kappa shape index (κ2) is 15.1. The standard InChI is InChI=1S/C32H55Cl3O5Si2/c1-30(2,3)41(8,9)39-28-16-17-32(7,40-42(10,11)31(4,5)6)29(38-27(28)14-12-18-36)15-13-19-37-22-24-25(34)20-23(33)21-26(24)35/h18,20-21,27-29H,12-17,19,22H2,1-11H3/t27-,28+,29+,32-/m0/s1. The molecule has 242 valence electrons. The molecule has 1 aliphatic heterocycles. The molecule has 0 unspecified atom stereocenters. The Labute approximate surface area is 272 Å². The van der Waals surface area contributed by atoms with Crippen LogP contribution in [0.15, 0.2) is 12.1 Å². The third kappa shape index (κ3) is 10.3. The molecule has 0 amide bonds. The van der Waals surface area contributed by atoms with Crippen molar-refractivity contribution >= 4 is 57.7 Å². The van der Waals surface area contributed by atoms with Crippen molar-refractivity contribution in [2.24, 2.45) is 0 Å². The van der Waals surface area contributed by atoms with Gasteiger partial charge in [0.2, 0.25) is 0 Å². The molecular weight excluding hydrogens is 627 g/mol. The van der Waals surface area contributed by atoms with Crippen molar-refractivity contribution in [3.63, 3.8) is 0 Å². The first kappa shape index (κ1) is 38.2. The summed E-state index contributed by atoms with van der Waals surface area (Å²) in [5.74, 6) is 0. The molecule has 1 heterocycles. The Balaban J connectivity index is 2.29. The van der Waals surface area contributed by atoms with E-state index in [1.165, 1.54) is 0 Å². The van der Waals surface area contributed by atoms with Crippen LogP contribution >= 0.6 is 34.8 Å². The maximum atomic E-state index is 11.5. The molecule has 4 atom stereocenters. The van der Waals surface area contributed by atoms with Crippen molar-refractivity contribution in [1.29, 1.82) is 0 Å². The fraction of sp³-hybridized carbons (Fsp3) is 0.781. The number of carbonyl (C=O) groups excluding carboxylic acids is 1. The van der Waals surface area contributed by atoms with E-state index >= 15 is 0 Å². The Morgan fingerprint density at radius 2 is 1.55 bits per heavy atom. The fourth-order valence-electron chi connectivity index (χ4n) is 4.88. The zero-order chi connectivity index (χ0) is 32.1. The van der Waals surface area contributed by atoms with E-state index in [-0.39, 0.29) is 28.4 Å². The van der Waals surface area contributed by atoms with E-state index in [0.29, 0.717) is 41.1 Å². The van der Waals surface area contributed by atoms with Crippen molar-refractivity contribution < 1.29 is 23.1 Å². The molecular formula is C32H55Cl3O5Si2. The maximum absolute atomic E-state index is 11.5. The summed E-state index contributed by atoms with van der Waals surface area (Å²) < 4.78 is 27.2. The highest BCUT2D eigenvalue weighted by atomic mass is 35.5. The van der Waals surface area contributed by atoms with E-state index in [1.807, 2.05) is 0 Å². The molecule has 0 N–H and O–H groups in total. The molecule has 0 aromatic heterocycles. The molecule has 5 nitrogen and oxygen atoms in total. The van der Waals surface area contributed by atoms with Crippen LogP contribution in [0.3, 0.4) is 0 Å². The van der Waals surface area contributed by atoms with Gasteiger partial charge in [-0.05, 0) is 87.4 Å².